The first kappa shape index (κ1) is 11.9. The van der Waals surface area contributed by atoms with E-state index in [0.29, 0.717) is 5.75 Å². The summed E-state index contributed by atoms with van der Waals surface area (Å²) in [6.45, 7) is 3.69. The normalized spacial score (nSPS) is 13.3. The second-order valence-corrected chi connectivity index (χ2v) is 3.52. The molecule has 0 spiro atoms. The van der Waals surface area contributed by atoms with Crippen molar-refractivity contribution in [3.8, 4) is 5.75 Å². The number of aliphatic hydroxyl groups is 1. The van der Waals surface area contributed by atoms with Crippen LogP contribution in [-0.4, -0.2) is 17.6 Å². The topological polar surface area (TPSA) is 29.5 Å². The third kappa shape index (κ3) is 3.47. The first-order valence-electron chi connectivity index (χ1n) is 4.73. The minimum atomic E-state index is -2.78. The van der Waals surface area contributed by atoms with Gasteiger partial charge in [0.2, 0.25) is 0 Å². The monoisotopic (exact) mass is 216 g/mol. The predicted molar refractivity (Wildman–Crippen MR) is 53.2 cm³/mol. The fourth-order valence-electron chi connectivity index (χ4n) is 1.19. The van der Waals surface area contributed by atoms with Crippen molar-refractivity contribution >= 4 is 0 Å². The highest BCUT2D eigenvalue weighted by Crippen LogP contribution is 2.24. The summed E-state index contributed by atoms with van der Waals surface area (Å²) in [6, 6.07) is 6.13. The third-order valence-corrected chi connectivity index (χ3v) is 1.81. The minimum Gasteiger partial charge on any atom is -0.491 e. The number of hydrogen-bond acceptors (Lipinski definition) is 2. The van der Waals surface area contributed by atoms with E-state index in [2.05, 4.69) is 0 Å². The molecule has 84 valence electrons. The number of rotatable bonds is 4. The molecule has 15 heavy (non-hydrogen) atoms. The molecule has 1 aromatic rings. The van der Waals surface area contributed by atoms with Crippen LogP contribution in [0.4, 0.5) is 8.78 Å². The molecule has 0 aliphatic rings. The van der Waals surface area contributed by atoms with Crippen LogP contribution >= 0.6 is 0 Å². The van der Waals surface area contributed by atoms with Gasteiger partial charge in [0.25, 0.3) is 6.43 Å². The van der Waals surface area contributed by atoms with Crippen LogP contribution in [0.2, 0.25) is 0 Å². The summed E-state index contributed by atoms with van der Waals surface area (Å²) in [5.74, 6) is 0.488. The van der Waals surface area contributed by atoms with Crippen LogP contribution in [0.5, 0.6) is 5.75 Å². The van der Waals surface area contributed by atoms with E-state index < -0.39 is 12.5 Å². The van der Waals surface area contributed by atoms with Gasteiger partial charge in [-0.25, -0.2) is 8.78 Å². The molecule has 1 unspecified atom stereocenters. The molecule has 0 heterocycles. The Morgan fingerprint density at radius 2 is 1.93 bits per heavy atom. The van der Waals surface area contributed by atoms with Gasteiger partial charge in [0.05, 0.1) is 6.10 Å². The molecule has 0 radical (unpaired) electrons. The summed E-state index contributed by atoms with van der Waals surface area (Å²) >= 11 is 0. The number of alkyl halides is 2. The summed E-state index contributed by atoms with van der Waals surface area (Å²) in [5, 5.41) is 9.15. The molecule has 0 aliphatic carbocycles. The molecule has 1 atom stereocenters. The average molecular weight is 216 g/mol. The summed E-state index contributed by atoms with van der Waals surface area (Å²) in [6.07, 6.45) is -4.55. The van der Waals surface area contributed by atoms with Crippen LogP contribution in [0.25, 0.3) is 0 Å². The molecular formula is C11H14F2O2. The largest absolute Gasteiger partial charge is 0.491 e. The van der Waals surface area contributed by atoms with E-state index in [0.717, 1.165) is 0 Å². The number of benzene rings is 1. The summed E-state index contributed by atoms with van der Waals surface area (Å²) in [5.41, 5.74) is 0.170. The van der Waals surface area contributed by atoms with Gasteiger partial charge in [-0.15, -0.1) is 0 Å². The highest BCUT2D eigenvalue weighted by atomic mass is 19.3. The van der Waals surface area contributed by atoms with E-state index in [1.54, 1.807) is 12.1 Å². The zero-order valence-electron chi connectivity index (χ0n) is 8.65. The van der Waals surface area contributed by atoms with E-state index in [-0.39, 0.29) is 11.7 Å². The van der Waals surface area contributed by atoms with Gasteiger partial charge >= 0.3 is 0 Å². The highest BCUT2D eigenvalue weighted by molar-refractivity contribution is 5.30. The molecule has 0 fully saturated rings. The zero-order chi connectivity index (χ0) is 11.4. The fourth-order valence-corrected chi connectivity index (χ4v) is 1.19. The average Bonchev–Trinajstić information content (AvgIpc) is 2.16. The maximum absolute atomic E-state index is 12.2. The Morgan fingerprint density at radius 3 is 2.47 bits per heavy atom. The lowest BCUT2D eigenvalue weighted by molar-refractivity contribution is -0.00591. The number of hydrogen-bond donors (Lipinski definition) is 1. The van der Waals surface area contributed by atoms with Crippen LogP contribution in [0.3, 0.4) is 0 Å². The SMILES string of the molecule is CC(C)Oc1cccc(C(O)C(F)F)c1. The van der Waals surface area contributed by atoms with Crippen LogP contribution in [0.15, 0.2) is 24.3 Å². The number of halogens is 2. The molecule has 0 saturated carbocycles. The van der Waals surface area contributed by atoms with E-state index in [4.69, 9.17) is 9.84 Å². The molecule has 1 N–H and O–H groups in total. The van der Waals surface area contributed by atoms with Crippen molar-refractivity contribution < 1.29 is 18.6 Å². The summed E-state index contributed by atoms with van der Waals surface area (Å²) in [7, 11) is 0. The van der Waals surface area contributed by atoms with Crippen molar-refractivity contribution in [2.24, 2.45) is 0 Å². The molecule has 1 rings (SSSR count). The van der Waals surface area contributed by atoms with Crippen molar-refractivity contribution in [1.29, 1.82) is 0 Å². The molecule has 0 bridgehead atoms. The van der Waals surface area contributed by atoms with E-state index in [1.165, 1.54) is 12.1 Å². The van der Waals surface area contributed by atoms with Gasteiger partial charge in [-0.3, -0.25) is 0 Å². The Labute approximate surface area is 87.5 Å². The van der Waals surface area contributed by atoms with Gasteiger partial charge in [0, 0.05) is 0 Å². The first-order chi connectivity index (χ1) is 7.00. The minimum absolute atomic E-state index is 0.0241. The molecule has 0 aliphatic heterocycles. The zero-order valence-corrected chi connectivity index (χ0v) is 8.65. The first-order valence-corrected chi connectivity index (χ1v) is 4.73. The van der Waals surface area contributed by atoms with Gasteiger partial charge in [-0.05, 0) is 31.5 Å². The quantitative estimate of drug-likeness (QED) is 0.838. The Morgan fingerprint density at radius 1 is 1.27 bits per heavy atom. The predicted octanol–water partition coefficient (Wildman–Crippen LogP) is 2.77. The fraction of sp³-hybridized carbons (Fsp3) is 0.455. The lowest BCUT2D eigenvalue weighted by atomic mass is 10.1. The Kier molecular flexibility index (Phi) is 4.03. The van der Waals surface area contributed by atoms with Crippen molar-refractivity contribution in [2.75, 3.05) is 0 Å². The van der Waals surface area contributed by atoms with E-state index >= 15 is 0 Å². The molecular weight excluding hydrogens is 202 g/mol. The summed E-state index contributed by atoms with van der Waals surface area (Å²) in [4.78, 5) is 0. The van der Waals surface area contributed by atoms with Gasteiger partial charge in [0.1, 0.15) is 11.9 Å². The molecule has 0 amide bonds. The van der Waals surface area contributed by atoms with Crippen molar-refractivity contribution in [3.63, 3.8) is 0 Å². The van der Waals surface area contributed by atoms with Gasteiger partial charge < -0.3 is 9.84 Å². The second kappa shape index (κ2) is 5.07. The smallest absolute Gasteiger partial charge is 0.268 e. The maximum Gasteiger partial charge on any atom is 0.268 e. The van der Waals surface area contributed by atoms with Crippen LogP contribution < -0.4 is 4.74 Å². The second-order valence-electron chi connectivity index (χ2n) is 3.52. The molecule has 0 aromatic heterocycles. The highest BCUT2D eigenvalue weighted by Gasteiger charge is 2.19. The molecule has 1 aromatic carbocycles. The third-order valence-electron chi connectivity index (χ3n) is 1.81. The molecule has 2 nitrogen and oxygen atoms in total. The lowest BCUT2D eigenvalue weighted by Gasteiger charge is -2.13. The lowest BCUT2D eigenvalue weighted by Crippen LogP contribution is -2.09. The van der Waals surface area contributed by atoms with Crippen LogP contribution in [0, 0.1) is 0 Å². The van der Waals surface area contributed by atoms with Gasteiger partial charge in [-0.2, -0.15) is 0 Å². The van der Waals surface area contributed by atoms with Crippen molar-refractivity contribution in [3.05, 3.63) is 29.8 Å². The molecule has 0 saturated heterocycles. The number of aliphatic hydroxyl groups excluding tert-OH is 1. The Balaban J connectivity index is 2.82. The standard InChI is InChI=1S/C11H14F2O2/c1-7(2)15-9-5-3-4-8(6-9)10(14)11(12)13/h3-7,10-11,14H,1-2H3. The van der Waals surface area contributed by atoms with E-state index in [1.807, 2.05) is 13.8 Å². The summed E-state index contributed by atoms with van der Waals surface area (Å²) < 4.78 is 29.8. The van der Waals surface area contributed by atoms with Crippen LogP contribution in [-0.2, 0) is 0 Å². The van der Waals surface area contributed by atoms with Crippen LogP contribution in [0.1, 0.15) is 25.5 Å². The Bertz CT molecular complexity index is 313. The maximum atomic E-state index is 12.2. The van der Waals surface area contributed by atoms with Gasteiger partial charge in [-0.1, -0.05) is 12.1 Å². The van der Waals surface area contributed by atoms with Crippen molar-refractivity contribution in [2.45, 2.75) is 32.5 Å². The molecule has 4 heteroatoms. The van der Waals surface area contributed by atoms with Crippen molar-refractivity contribution in [1.82, 2.24) is 0 Å². The number of ether oxygens (including phenoxy) is 1. The van der Waals surface area contributed by atoms with E-state index in [9.17, 15) is 8.78 Å². The van der Waals surface area contributed by atoms with Gasteiger partial charge in [0.15, 0.2) is 0 Å². The Hall–Kier alpha value is -1.16.